The Balaban J connectivity index is 1.53. The number of thiazole rings is 1. The van der Waals surface area contributed by atoms with Crippen molar-refractivity contribution < 1.29 is 9.47 Å². The fourth-order valence-electron chi connectivity index (χ4n) is 3.30. The zero-order valence-electron chi connectivity index (χ0n) is 17.7. The van der Waals surface area contributed by atoms with Crippen LogP contribution < -0.4 is 19.6 Å². The number of fused-ring (bicyclic) bond motifs is 1. The molecule has 0 aliphatic carbocycles. The molecule has 2 aromatic carbocycles. The van der Waals surface area contributed by atoms with Gasteiger partial charge in [-0.15, -0.1) is 5.10 Å². The van der Waals surface area contributed by atoms with Gasteiger partial charge in [-0.05, 0) is 42.8 Å². The number of benzene rings is 2. The summed E-state index contributed by atoms with van der Waals surface area (Å²) in [6.45, 7) is 2.92. The molecule has 0 radical (unpaired) electrons. The SMILES string of the molecule is CCCCCCOc1ccc(-c2nc3sc(=Cc4ccccc4OC)c(=O)n3n2)cc1. The zero-order chi connectivity index (χ0) is 21.6. The summed E-state index contributed by atoms with van der Waals surface area (Å²) >= 11 is 1.32. The zero-order valence-corrected chi connectivity index (χ0v) is 18.5. The van der Waals surface area contributed by atoms with Crippen molar-refractivity contribution in [2.75, 3.05) is 13.7 Å². The normalized spacial score (nSPS) is 11.9. The predicted molar refractivity (Wildman–Crippen MR) is 124 cm³/mol. The molecule has 160 valence electrons. The van der Waals surface area contributed by atoms with Crippen LogP contribution in [0.4, 0.5) is 0 Å². The summed E-state index contributed by atoms with van der Waals surface area (Å²) in [5.41, 5.74) is 1.51. The largest absolute Gasteiger partial charge is 0.496 e. The molecule has 0 N–H and O–H groups in total. The van der Waals surface area contributed by atoms with Gasteiger partial charge in [0, 0.05) is 11.1 Å². The van der Waals surface area contributed by atoms with E-state index in [-0.39, 0.29) is 5.56 Å². The average molecular weight is 436 g/mol. The molecule has 0 aliphatic heterocycles. The van der Waals surface area contributed by atoms with Gasteiger partial charge in [-0.25, -0.2) is 0 Å². The topological polar surface area (TPSA) is 65.7 Å². The van der Waals surface area contributed by atoms with E-state index in [9.17, 15) is 4.79 Å². The molecule has 0 bridgehead atoms. The number of methoxy groups -OCH3 is 1. The molecule has 2 heterocycles. The van der Waals surface area contributed by atoms with Crippen LogP contribution >= 0.6 is 11.3 Å². The van der Waals surface area contributed by atoms with Crippen LogP contribution in [0.5, 0.6) is 11.5 Å². The Bertz CT molecular complexity index is 1260. The average Bonchev–Trinajstić information content (AvgIpc) is 3.34. The first-order valence-corrected chi connectivity index (χ1v) is 11.3. The first-order valence-electron chi connectivity index (χ1n) is 10.5. The summed E-state index contributed by atoms with van der Waals surface area (Å²) in [6.07, 6.45) is 6.53. The Morgan fingerprint density at radius 3 is 2.61 bits per heavy atom. The molecular weight excluding hydrogens is 410 g/mol. The molecule has 2 aromatic heterocycles. The van der Waals surface area contributed by atoms with Crippen molar-refractivity contribution >= 4 is 22.4 Å². The monoisotopic (exact) mass is 435 g/mol. The minimum atomic E-state index is -0.184. The minimum absolute atomic E-state index is 0.184. The highest BCUT2D eigenvalue weighted by Crippen LogP contribution is 2.21. The minimum Gasteiger partial charge on any atom is -0.496 e. The van der Waals surface area contributed by atoms with Crippen molar-refractivity contribution in [1.29, 1.82) is 0 Å². The van der Waals surface area contributed by atoms with Crippen molar-refractivity contribution in [3.63, 3.8) is 0 Å². The van der Waals surface area contributed by atoms with Crippen LogP contribution in [-0.4, -0.2) is 28.3 Å². The molecule has 0 unspecified atom stereocenters. The van der Waals surface area contributed by atoms with Gasteiger partial charge in [0.1, 0.15) is 11.5 Å². The van der Waals surface area contributed by atoms with E-state index in [1.54, 1.807) is 7.11 Å². The number of nitrogens with zero attached hydrogens (tertiary/aromatic N) is 3. The summed E-state index contributed by atoms with van der Waals surface area (Å²) in [7, 11) is 1.61. The van der Waals surface area contributed by atoms with Crippen LogP contribution in [0, 0.1) is 0 Å². The number of unbranched alkanes of at least 4 members (excludes halogenated alkanes) is 3. The van der Waals surface area contributed by atoms with Crippen molar-refractivity contribution in [3.8, 4) is 22.9 Å². The van der Waals surface area contributed by atoms with E-state index < -0.39 is 0 Å². The van der Waals surface area contributed by atoms with Crippen LogP contribution in [0.15, 0.2) is 53.3 Å². The highest BCUT2D eigenvalue weighted by atomic mass is 32.1. The lowest BCUT2D eigenvalue weighted by molar-refractivity contribution is 0.305. The number of hydrogen-bond acceptors (Lipinski definition) is 6. The van der Waals surface area contributed by atoms with Gasteiger partial charge in [-0.1, -0.05) is 55.7 Å². The quantitative estimate of drug-likeness (QED) is 0.366. The van der Waals surface area contributed by atoms with Crippen LogP contribution in [0.1, 0.15) is 38.2 Å². The van der Waals surface area contributed by atoms with Gasteiger partial charge in [0.15, 0.2) is 5.82 Å². The first-order chi connectivity index (χ1) is 15.2. The number of ether oxygens (including phenoxy) is 2. The van der Waals surface area contributed by atoms with Gasteiger partial charge in [0.2, 0.25) is 4.96 Å². The van der Waals surface area contributed by atoms with Crippen LogP contribution in [0.2, 0.25) is 0 Å². The van der Waals surface area contributed by atoms with E-state index in [2.05, 4.69) is 17.0 Å². The van der Waals surface area contributed by atoms with Gasteiger partial charge in [-0.3, -0.25) is 4.79 Å². The van der Waals surface area contributed by atoms with Gasteiger partial charge in [-0.2, -0.15) is 9.50 Å². The molecule has 7 heteroatoms. The van der Waals surface area contributed by atoms with Gasteiger partial charge < -0.3 is 9.47 Å². The lowest BCUT2D eigenvalue weighted by atomic mass is 10.2. The summed E-state index contributed by atoms with van der Waals surface area (Å²) in [4.78, 5) is 17.9. The summed E-state index contributed by atoms with van der Waals surface area (Å²) in [5.74, 6) is 2.08. The number of hydrogen-bond donors (Lipinski definition) is 0. The summed E-state index contributed by atoms with van der Waals surface area (Å²) in [6, 6.07) is 15.3. The molecule has 6 nitrogen and oxygen atoms in total. The van der Waals surface area contributed by atoms with Crippen LogP contribution in [-0.2, 0) is 0 Å². The molecule has 0 aliphatic rings. The summed E-state index contributed by atoms with van der Waals surface area (Å²) in [5, 5.41) is 4.42. The molecule has 0 saturated carbocycles. The van der Waals surface area contributed by atoms with E-state index in [0.717, 1.165) is 29.9 Å². The lowest BCUT2D eigenvalue weighted by Crippen LogP contribution is -2.23. The van der Waals surface area contributed by atoms with Gasteiger partial charge in [0.05, 0.1) is 18.2 Å². The van der Waals surface area contributed by atoms with E-state index in [1.807, 2.05) is 54.6 Å². The van der Waals surface area contributed by atoms with Crippen LogP contribution in [0.25, 0.3) is 22.4 Å². The van der Waals surface area contributed by atoms with E-state index >= 15 is 0 Å². The van der Waals surface area contributed by atoms with E-state index in [1.165, 1.54) is 35.1 Å². The summed E-state index contributed by atoms with van der Waals surface area (Å²) < 4.78 is 13.1. The number of aromatic nitrogens is 3. The lowest BCUT2D eigenvalue weighted by Gasteiger charge is -2.06. The number of para-hydroxylation sites is 1. The molecule has 0 fully saturated rings. The maximum atomic E-state index is 12.8. The van der Waals surface area contributed by atoms with Crippen LogP contribution in [0.3, 0.4) is 0 Å². The smallest absolute Gasteiger partial charge is 0.291 e. The number of rotatable bonds is 9. The molecular formula is C24H25N3O3S. The van der Waals surface area contributed by atoms with Crippen molar-refractivity contribution in [2.24, 2.45) is 0 Å². The Morgan fingerprint density at radius 1 is 1.06 bits per heavy atom. The Hall–Kier alpha value is -3.19. The van der Waals surface area contributed by atoms with Crippen molar-refractivity contribution in [3.05, 3.63) is 69.0 Å². The fourth-order valence-corrected chi connectivity index (χ4v) is 4.20. The highest BCUT2D eigenvalue weighted by Gasteiger charge is 2.12. The Kier molecular flexibility index (Phi) is 6.62. The third kappa shape index (κ3) is 4.77. The molecule has 31 heavy (non-hydrogen) atoms. The second-order valence-electron chi connectivity index (χ2n) is 7.22. The third-order valence-electron chi connectivity index (χ3n) is 4.99. The van der Waals surface area contributed by atoms with Crippen molar-refractivity contribution in [2.45, 2.75) is 32.6 Å². The third-order valence-corrected chi connectivity index (χ3v) is 5.95. The maximum absolute atomic E-state index is 12.8. The second-order valence-corrected chi connectivity index (χ2v) is 8.23. The Morgan fingerprint density at radius 2 is 1.87 bits per heavy atom. The van der Waals surface area contributed by atoms with Gasteiger partial charge in [0.25, 0.3) is 5.56 Å². The Labute approximate surface area is 184 Å². The van der Waals surface area contributed by atoms with E-state index in [4.69, 9.17) is 9.47 Å². The molecule has 0 saturated heterocycles. The molecule has 0 atom stereocenters. The first kappa shape index (κ1) is 21.1. The second kappa shape index (κ2) is 9.75. The molecule has 4 aromatic rings. The van der Waals surface area contributed by atoms with E-state index in [0.29, 0.717) is 21.1 Å². The predicted octanol–water partition coefficient (Wildman–Crippen LogP) is 4.33. The van der Waals surface area contributed by atoms with Crippen molar-refractivity contribution in [1.82, 2.24) is 14.6 Å². The fraction of sp³-hybridized carbons (Fsp3) is 0.292. The molecule has 0 amide bonds. The maximum Gasteiger partial charge on any atom is 0.291 e. The standard InChI is InChI=1S/C24H25N3O3S/c1-3-4-5-8-15-30-19-13-11-17(12-14-19)22-25-24-27(26-22)23(28)21(31-24)16-18-9-6-7-10-20(18)29-2/h6-7,9-14,16H,3-5,8,15H2,1-2H3. The molecule has 0 spiro atoms. The van der Waals surface area contributed by atoms with Gasteiger partial charge >= 0.3 is 0 Å². The molecule has 4 rings (SSSR count). The highest BCUT2D eigenvalue weighted by molar-refractivity contribution is 7.15.